The fraction of sp³-hybridized carbons (Fsp3) is 0.364. The second kappa shape index (κ2) is 8.71. The van der Waals surface area contributed by atoms with Gasteiger partial charge in [-0.2, -0.15) is 0 Å². The van der Waals surface area contributed by atoms with Gasteiger partial charge in [0.2, 0.25) is 0 Å². The van der Waals surface area contributed by atoms with E-state index in [2.05, 4.69) is 26.1 Å². The van der Waals surface area contributed by atoms with Crippen molar-refractivity contribution < 1.29 is 19.1 Å². The minimum absolute atomic E-state index is 0.0965. The molecule has 1 unspecified atom stereocenters. The second-order valence-electron chi connectivity index (χ2n) is 7.30. The van der Waals surface area contributed by atoms with Gasteiger partial charge in [-0.25, -0.2) is 4.79 Å². The number of nitrogens with one attached hydrogen (secondary N) is 1. The van der Waals surface area contributed by atoms with Crippen LogP contribution < -0.4 is 10.1 Å². The van der Waals surface area contributed by atoms with Gasteiger partial charge in [-0.3, -0.25) is 4.79 Å². The standard InChI is InChI=1S/C22H27NO4/c1-6-26-21(25)16-10-9-11-17(14-16)23-20(24)15(2)27-19-13-8-7-12-18(19)22(3,4)5/h7-15H,6H2,1-5H3,(H,23,24). The summed E-state index contributed by atoms with van der Waals surface area (Å²) in [7, 11) is 0. The SMILES string of the molecule is CCOC(=O)c1cccc(NC(=O)C(C)Oc2ccccc2C(C)(C)C)c1. The Morgan fingerprint density at radius 1 is 1.07 bits per heavy atom. The van der Waals surface area contributed by atoms with Gasteiger partial charge < -0.3 is 14.8 Å². The molecule has 0 saturated carbocycles. The van der Waals surface area contributed by atoms with Crippen LogP contribution >= 0.6 is 0 Å². The molecule has 0 aliphatic heterocycles. The molecule has 1 atom stereocenters. The van der Waals surface area contributed by atoms with Gasteiger partial charge >= 0.3 is 5.97 Å². The van der Waals surface area contributed by atoms with Crippen LogP contribution in [0.25, 0.3) is 0 Å². The fourth-order valence-corrected chi connectivity index (χ4v) is 2.62. The average molecular weight is 369 g/mol. The molecule has 0 spiro atoms. The summed E-state index contributed by atoms with van der Waals surface area (Å²) in [6.45, 7) is 10.0. The van der Waals surface area contributed by atoms with Crippen LogP contribution in [0.15, 0.2) is 48.5 Å². The second-order valence-corrected chi connectivity index (χ2v) is 7.30. The number of carbonyl (C=O) groups excluding carboxylic acids is 2. The van der Waals surface area contributed by atoms with E-state index in [1.807, 2.05) is 24.3 Å². The molecule has 0 aliphatic rings. The van der Waals surface area contributed by atoms with Crippen LogP contribution in [0.4, 0.5) is 5.69 Å². The highest BCUT2D eigenvalue weighted by Gasteiger charge is 2.22. The van der Waals surface area contributed by atoms with Crippen LogP contribution in [0.2, 0.25) is 0 Å². The Balaban J connectivity index is 2.09. The number of para-hydroxylation sites is 1. The van der Waals surface area contributed by atoms with Crippen LogP contribution in [0, 0.1) is 0 Å². The first-order chi connectivity index (χ1) is 12.7. The fourth-order valence-electron chi connectivity index (χ4n) is 2.62. The van der Waals surface area contributed by atoms with E-state index in [1.54, 1.807) is 38.1 Å². The van der Waals surface area contributed by atoms with Crippen molar-refractivity contribution in [2.45, 2.75) is 46.1 Å². The number of rotatable bonds is 6. The zero-order chi connectivity index (χ0) is 20.0. The third-order valence-electron chi connectivity index (χ3n) is 4.01. The average Bonchev–Trinajstić information content (AvgIpc) is 2.61. The van der Waals surface area contributed by atoms with Crippen molar-refractivity contribution in [1.82, 2.24) is 0 Å². The summed E-state index contributed by atoms with van der Waals surface area (Å²) in [5.74, 6) is -0.0235. The molecule has 27 heavy (non-hydrogen) atoms. The van der Waals surface area contributed by atoms with Gasteiger partial charge in [0.15, 0.2) is 6.10 Å². The minimum atomic E-state index is -0.695. The van der Waals surface area contributed by atoms with Crippen LogP contribution in [0.5, 0.6) is 5.75 Å². The molecule has 0 radical (unpaired) electrons. The van der Waals surface area contributed by atoms with Crippen molar-refractivity contribution in [3.63, 3.8) is 0 Å². The van der Waals surface area contributed by atoms with E-state index in [0.717, 1.165) is 5.56 Å². The monoisotopic (exact) mass is 369 g/mol. The maximum absolute atomic E-state index is 12.5. The smallest absolute Gasteiger partial charge is 0.338 e. The van der Waals surface area contributed by atoms with Gasteiger partial charge in [0.25, 0.3) is 5.91 Å². The molecule has 0 heterocycles. The largest absolute Gasteiger partial charge is 0.481 e. The van der Waals surface area contributed by atoms with E-state index in [4.69, 9.17) is 9.47 Å². The third-order valence-corrected chi connectivity index (χ3v) is 4.01. The number of ether oxygens (including phenoxy) is 2. The summed E-state index contributed by atoms with van der Waals surface area (Å²) in [6.07, 6.45) is -0.695. The zero-order valence-corrected chi connectivity index (χ0v) is 16.5. The molecule has 5 nitrogen and oxygen atoms in total. The Kier molecular flexibility index (Phi) is 6.61. The van der Waals surface area contributed by atoms with Crippen molar-refractivity contribution >= 4 is 17.6 Å². The molecular weight excluding hydrogens is 342 g/mol. The molecule has 0 saturated heterocycles. The highest BCUT2D eigenvalue weighted by molar-refractivity contribution is 5.96. The van der Waals surface area contributed by atoms with Crippen molar-refractivity contribution in [2.24, 2.45) is 0 Å². The first-order valence-corrected chi connectivity index (χ1v) is 9.06. The molecule has 0 aliphatic carbocycles. The first kappa shape index (κ1) is 20.5. The molecule has 144 valence electrons. The maximum Gasteiger partial charge on any atom is 0.338 e. The third kappa shape index (κ3) is 5.58. The summed E-state index contributed by atoms with van der Waals surface area (Å²) in [5, 5.41) is 2.79. The Morgan fingerprint density at radius 3 is 2.44 bits per heavy atom. The number of esters is 1. The van der Waals surface area contributed by atoms with Gasteiger partial charge in [-0.1, -0.05) is 45.0 Å². The molecule has 2 aromatic rings. The Morgan fingerprint density at radius 2 is 1.78 bits per heavy atom. The van der Waals surface area contributed by atoms with Crippen LogP contribution in [0.3, 0.4) is 0 Å². The Bertz CT molecular complexity index is 808. The summed E-state index contributed by atoms with van der Waals surface area (Å²) in [4.78, 5) is 24.4. The van der Waals surface area contributed by atoms with Crippen molar-refractivity contribution in [2.75, 3.05) is 11.9 Å². The van der Waals surface area contributed by atoms with E-state index < -0.39 is 12.1 Å². The number of carbonyl (C=O) groups is 2. The molecule has 5 heteroatoms. The Labute approximate surface area is 160 Å². The molecule has 2 rings (SSSR count). The number of hydrogen-bond acceptors (Lipinski definition) is 4. The molecule has 2 aromatic carbocycles. The number of amides is 1. The quantitative estimate of drug-likeness (QED) is 0.758. The molecule has 1 N–H and O–H groups in total. The predicted molar refractivity (Wildman–Crippen MR) is 106 cm³/mol. The topological polar surface area (TPSA) is 64.6 Å². The van der Waals surface area contributed by atoms with Gasteiger partial charge in [-0.15, -0.1) is 0 Å². The van der Waals surface area contributed by atoms with Gasteiger partial charge in [-0.05, 0) is 49.1 Å². The Hall–Kier alpha value is -2.82. The van der Waals surface area contributed by atoms with Crippen LogP contribution in [-0.2, 0) is 14.9 Å². The van der Waals surface area contributed by atoms with Gasteiger partial charge in [0, 0.05) is 5.69 Å². The maximum atomic E-state index is 12.5. The summed E-state index contributed by atoms with van der Waals surface area (Å²) >= 11 is 0. The summed E-state index contributed by atoms with van der Waals surface area (Å²) in [5.41, 5.74) is 1.85. The van der Waals surface area contributed by atoms with E-state index >= 15 is 0 Å². The normalized spacial score (nSPS) is 12.2. The van der Waals surface area contributed by atoms with Gasteiger partial charge in [0.05, 0.1) is 12.2 Å². The zero-order valence-electron chi connectivity index (χ0n) is 16.5. The lowest BCUT2D eigenvalue weighted by atomic mass is 9.86. The lowest BCUT2D eigenvalue weighted by Gasteiger charge is -2.24. The minimum Gasteiger partial charge on any atom is -0.481 e. The van der Waals surface area contributed by atoms with Crippen molar-refractivity contribution in [3.8, 4) is 5.75 Å². The van der Waals surface area contributed by atoms with E-state index in [-0.39, 0.29) is 11.3 Å². The molecule has 1 amide bonds. The predicted octanol–water partition coefficient (Wildman–Crippen LogP) is 4.57. The first-order valence-electron chi connectivity index (χ1n) is 9.06. The number of benzene rings is 2. The number of anilines is 1. The van der Waals surface area contributed by atoms with E-state index in [9.17, 15) is 9.59 Å². The molecule has 0 bridgehead atoms. The van der Waals surface area contributed by atoms with Gasteiger partial charge in [0.1, 0.15) is 5.75 Å². The van der Waals surface area contributed by atoms with E-state index in [0.29, 0.717) is 23.6 Å². The lowest BCUT2D eigenvalue weighted by Crippen LogP contribution is -2.31. The number of hydrogen-bond donors (Lipinski definition) is 1. The van der Waals surface area contributed by atoms with Crippen LogP contribution in [0.1, 0.15) is 50.5 Å². The van der Waals surface area contributed by atoms with Crippen LogP contribution in [-0.4, -0.2) is 24.6 Å². The summed E-state index contributed by atoms with van der Waals surface area (Å²) in [6, 6.07) is 14.4. The lowest BCUT2D eigenvalue weighted by molar-refractivity contribution is -0.122. The molecule has 0 aromatic heterocycles. The molecule has 0 fully saturated rings. The highest BCUT2D eigenvalue weighted by Crippen LogP contribution is 2.31. The van der Waals surface area contributed by atoms with Crippen molar-refractivity contribution in [3.05, 3.63) is 59.7 Å². The van der Waals surface area contributed by atoms with Crippen molar-refractivity contribution in [1.29, 1.82) is 0 Å². The molecular formula is C22H27NO4. The van der Waals surface area contributed by atoms with E-state index in [1.165, 1.54) is 0 Å². The highest BCUT2D eigenvalue weighted by atomic mass is 16.5. The summed E-state index contributed by atoms with van der Waals surface area (Å²) < 4.78 is 10.9.